The van der Waals surface area contributed by atoms with Gasteiger partial charge in [-0.05, 0) is 55.9 Å². The molecule has 2 heterocycles. The van der Waals surface area contributed by atoms with Gasteiger partial charge in [0.05, 0.1) is 11.0 Å². The molecule has 10 rings (SSSR count). The predicted octanol–water partition coefficient (Wildman–Crippen LogP) is 10.9. The zero-order valence-corrected chi connectivity index (χ0v) is 26.6. The van der Waals surface area contributed by atoms with Crippen LogP contribution in [-0.4, -0.2) is 19.5 Å². The summed E-state index contributed by atoms with van der Waals surface area (Å²) in [6.07, 6.45) is 0. The van der Waals surface area contributed by atoms with E-state index in [2.05, 4.69) is 164 Å². The van der Waals surface area contributed by atoms with Gasteiger partial charge in [-0.2, -0.15) is 9.97 Å². The van der Waals surface area contributed by atoms with E-state index in [1.54, 1.807) is 0 Å². The molecule has 4 heteroatoms. The average molecular weight is 615 g/mol. The third-order valence-electron chi connectivity index (χ3n) is 10.2. The molecule has 0 N–H and O–H groups in total. The van der Waals surface area contributed by atoms with Crippen LogP contribution in [0.3, 0.4) is 0 Å². The average Bonchev–Trinajstić information content (AvgIpc) is 3.59. The molecular formula is C44H30N4. The van der Waals surface area contributed by atoms with Gasteiger partial charge < -0.3 is 0 Å². The lowest BCUT2D eigenvalue weighted by Gasteiger charge is -2.22. The van der Waals surface area contributed by atoms with Gasteiger partial charge in [0, 0.05) is 27.3 Å². The van der Waals surface area contributed by atoms with Crippen LogP contribution >= 0.6 is 0 Å². The Labute approximate surface area is 278 Å². The third-order valence-corrected chi connectivity index (χ3v) is 10.2. The fraction of sp³-hybridized carbons (Fsp3) is 0.0682. The molecular weight excluding hydrogens is 585 g/mol. The molecule has 0 saturated carbocycles. The van der Waals surface area contributed by atoms with Crippen LogP contribution in [0.5, 0.6) is 0 Å². The van der Waals surface area contributed by atoms with E-state index < -0.39 is 0 Å². The van der Waals surface area contributed by atoms with E-state index in [0.717, 1.165) is 43.7 Å². The van der Waals surface area contributed by atoms with Crippen LogP contribution in [-0.2, 0) is 5.41 Å². The molecule has 1 aliphatic rings. The number of aromatic nitrogens is 4. The van der Waals surface area contributed by atoms with Crippen molar-refractivity contribution < 1.29 is 0 Å². The minimum Gasteiger partial charge on any atom is -0.278 e. The second kappa shape index (κ2) is 9.93. The number of hydrogen-bond donors (Lipinski definition) is 0. The maximum atomic E-state index is 5.31. The lowest BCUT2D eigenvalue weighted by molar-refractivity contribution is 0.666. The first-order valence-electron chi connectivity index (χ1n) is 16.5. The van der Waals surface area contributed by atoms with E-state index in [1.165, 1.54) is 33.0 Å². The summed E-state index contributed by atoms with van der Waals surface area (Å²) in [5.41, 5.74) is 9.30. The van der Waals surface area contributed by atoms with Crippen molar-refractivity contribution in [2.24, 2.45) is 0 Å². The minimum atomic E-state index is -0.165. The summed E-state index contributed by atoms with van der Waals surface area (Å²) >= 11 is 0. The molecule has 0 aliphatic heterocycles. The molecule has 226 valence electrons. The monoisotopic (exact) mass is 614 g/mol. The number of para-hydroxylation sites is 1. The Kier molecular flexibility index (Phi) is 5.59. The smallest absolute Gasteiger partial charge is 0.238 e. The second-order valence-corrected chi connectivity index (χ2v) is 13.2. The largest absolute Gasteiger partial charge is 0.278 e. The summed E-state index contributed by atoms with van der Waals surface area (Å²) < 4.78 is 2.24. The Hall–Kier alpha value is -6.13. The highest BCUT2D eigenvalue weighted by Gasteiger charge is 2.38. The van der Waals surface area contributed by atoms with Crippen LogP contribution in [0.4, 0.5) is 0 Å². The van der Waals surface area contributed by atoms with Crippen molar-refractivity contribution in [2.75, 3.05) is 0 Å². The second-order valence-electron chi connectivity index (χ2n) is 13.2. The van der Waals surface area contributed by atoms with Gasteiger partial charge in [0.15, 0.2) is 11.6 Å². The van der Waals surface area contributed by atoms with Gasteiger partial charge in [-0.25, -0.2) is 4.98 Å². The number of rotatable bonds is 3. The molecule has 7 aromatic carbocycles. The summed E-state index contributed by atoms with van der Waals surface area (Å²) in [7, 11) is 0. The fourth-order valence-electron chi connectivity index (χ4n) is 8.09. The van der Waals surface area contributed by atoms with Crippen molar-refractivity contribution in [3.05, 3.63) is 157 Å². The maximum Gasteiger partial charge on any atom is 0.238 e. The summed E-state index contributed by atoms with van der Waals surface area (Å²) in [6.45, 7) is 4.70. The van der Waals surface area contributed by atoms with Gasteiger partial charge in [0.25, 0.3) is 0 Å². The van der Waals surface area contributed by atoms with Crippen LogP contribution in [0.25, 0.3) is 83.2 Å². The lowest BCUT2D eigenvalue weighted by Crippen LogP contribution is -2.15. The topological polar surface area (TPSA) is 43.6 Å². The Balaban J connectivity index is 1.32. The third kappa shape index (κ3) is 3.74. The van der Waals surface area contributed by atoms with E-state index in [9.17, 15) is 0 Å². The first-order chi connectivity index (χ1) is 23.6. The van der Waals surface area contributed by atoms with Crippen molar-refractivity contribution in [2.45, 2.75) is 19.3 Å². The molecule has 9 aromatic rings. The summed E-state index contributed by atoms with van der Waals surface area (Å²) in [4.78, 5) is 15.8. The predicted molar refractivity (Wildman–Crippen MR) is 198 cm³/mol. The molecule has 0 atom stereocenters. The van der Waals surface area contributed by atoms with Crippen LogP contribution in [0.1, 0.15) is 25.0 Å². The van der Waals surface area contributed by atoms with Crippen LogP contribution < -0.4 is 0 Å². The van der Waals surface area contributed by atoms with E-state index in [0.29, 0.717) is 17.6 Å². The van der Waals surface area contributed by atoms with Crippen molar-refractivity contribution in [1.29, 1.82) is 0 Å². The van der Waals surface area contributed by atoms with E-state index >= 15 is 0 Å². The minimum absolute atomic E-state index is 0.165. The molecule has 0 saturated heterocycles. The number of nitrogens with zero attached hydrogens (tertiary/aromatic N) is 4. The molecule has 48 heavy (non-hydrogen) atoms. The first kappa shape index (κ1) is 27.0. The normalized spacial score (nSPS) is 13.4. The van der Waals surface area contributed by atoms with E-state index in [-0.39, 0.29) is 5.41 Å². The van der Waals surface area contributed by atoms with E-state index in [1.807, 2.05) is 0 Å². The Morgan fingerprint density at radius 3 is 1.67 bits per heavy atom. The maximum absolute atomic E-state index is 5.31. The quantitative estimate of drug-likeness (QED) is 0.199. The Bertz CT molecular complexity index is 2660. The molecule has 0 spiro atoms. The SMILES string of the molecule is CC1(C)c2ccccc2-c2ccc3c(c21)c1ccccc1n3-c1nc(-c2cccc3ccccc23)nc(-c2cccc3ccccc23)n1. The standard InChI is InChI=1S/C44H30N4/c1-44(2)36-23-9-7-19-31(36)32-25-26-38-39(40(32)44)35-20-8-10-24-37(35)48(38)43-46-41(33-21-11-15-27-13-3-5-17-29(27)33)45-42(47-43)34-22-12-16-28-14-4-6-18-30(28)34/h3-26H,1-2H3. The Morgan fingerprint density at radius 1 is 0.438 bits per heavy atom. The van der Waals surface area contributed by atoms with Gasteiger partial charge in [-0.15, -0.1) is 0 Å². The van der Waals surface area contributed by atoms with Crippen LogP contribution in [0.2, 0.25) is 0 Å². The van der Waals surface area contributed by atoms with Crippen LogP contribution in [0, 0.1) is 0 Å². The molecule has 1 aliphatic carbocycles. The van der Waals surface area contributed by atoms with Crippen molar-refractivity contribution in [1.82, 2.24) is 19.5 Å². The number of benzene rings is 7. The first-order valence-corrected chi connectivity index (χ1v) is 16.5. The molecule has 2 aromatic heterocycles. The zero-order chi connectivity index (χ0) is 32.0. The molecule has 4 nitrogen and oxygen atoms in total. The van der Waals surface area contributed by atoms with Gasteiger partial charge >= 0.3 is 0 Å². The van der Waals surface area contributed by atoms with E-state index in [4.69, 9.17) is 15.0 Å². The fourth-order valence-corrected chi connectivity index (χ4v) is 8.09. The van der Waals surface area contributed by atoms with Crippen molar-refractivity contribution >= 4 is 43.4 Å². The molecule has 0 bridgehead atoms. The van der Waals surface area contributed by atoms with Gasteiger partial charge in [0.2, 0.25) is 5.95 Å². The van der Waals surface area contributed by atoms with Crippen LogP contribution in [0.15, 0.2) is 146 Å². The highest BCUT2D eigenvalue weighted by atomic mass is 15.2. The van der Waals surface area contributed by atoms with Gasteiger partial charge in [-0.3, -0.25) is 4.57 Å². The highest BCUT2D eigenvalue weighted by molar-refractivity contribution is 6.14. The summed E-state index contributed by atoms with van der Waals surface area (Å²) in [5.74, 6) is 1.91. The molecule has 0 fully saturated rings. The van der Waals surface area contributed by atoms with Crippen molar-refractivity contribution in [3.8, 4) is 39.9 Å². The highest BCUT2D eigenvalue weighted by Crippen LogP contribution is 2.53. The molecule has 0 radical (unpaired) electrons. The number of fused-ring (bicyclic) bond motifs is 9. The van der Waals surface area contributed by atoms with Gasteiger partial charge in [0.1, 0.15) is 0 Å². The summed E-state index contributed by atoms with van der Waals surface area (Å²) in [5, 5.41) is 6.98. The van der Waals surface area contributed by atoms with Crippen molar-refractivity contribution in [3.63, 3.8) is 0 Å². The zero-order valence-electron chi connectivity index (χ0n) is 26.6. The Morgan fingerprint density at radius 2 is 0.979 bits per heavy atom. The lowest BCUT2D eigenvalue weighted by atomic mass is 9.80. The number of hydrogen-bond acceptors (Lipinski definition) is 3. The van der Waals surface area contributed by atoms with Gasteiger partial charge in [-0.1, -0.05) is 147 Å². The summed E-state index contributed by atoms with van der Waals surface area (Å²) in [6, 6.07) is 51.6. The molecule has 0 amide bonds. The molecule has 0 unspecified atom stereocenters.